The minimum atomic E-state index is -1.26. The zero-order chi connectivity index (χ0) is 14.2. The molecule has 0 heterocycles. The highest BCUT2D eigenvalue weighted by atomic mass is 79.9. The molecule has 0 radical (unpaired) electrons. The van der Waals surface area contributed by atoms with Gasteiger partial charge in [0.2, 0.25) is 0 Å². The molecule has 0 amide bonds. The van der Waals surface area contributed by atoms with E-state index in [1.165, 1.54) is 0 Å². The molecule has 6 heteroatoms. The molecule has 0 N–H and O–H groups in total. The third-order valence-electron chi connectivity index (χ3n) is 2.42. The maximum atomic E-state index is 13.6. The Balaban J connectivity index is 2.53. The van der Waals surface area contributed by atoms with Gasteiger partial charge >= 0.3 is 0 Å². The monoisotopic (exact) mass is 332 g/mol. The molecule has 19 heavy (non-hydrogen) atoms. The lowest BCUT2D eigenvalue weighted by atomic mass is 10.0. The highest BCUT2D eigenvalue weighted by molar-refractivity contribution is 9.10. The molecule has 0 spiro atoms. The molecule has 0 aromatic heterocycles. The first-order chi connectivity index (χ1) is 8.90. The summed E-state index contributed by atoms with van der Waals surface area (Å²) in [6.45, 7) is 0. The van der Waals surface area contributed by atoms with E-state index in [1.54, 1.807) is 0 Å². The van der Waals surface area contributed by atoms with Gasteiger partial charge in [0.05, 0.1) is 5.56 Å². The predicted octanol–water partition coefficient (Wildman–Crippen LogP) is 4.24. The van der Waals surface area contributed by atoms with Crippen molar-refractivity contribution >= 4 is 21.7 Å². The molecule has 0 aliphatic rings. The Morgan fingerprint density at radius 2 is 1.42 bits per heavy atom. The van der Waals surface area contributed by atoms with Gasteiger partial charge in [-0.2, -0.15) is 0 Å². The fourth-order valence-corrected chi connectivity index (χ4v) is 1.94. The Morgan fingerprint density at radius 3 is 1.95 bits per heavy atom. The second-order valence-electron chi connectivity index (χ2n) is 3.70. The maximum absolute atomic E-state index is 13.6. The number of hydrogen-bond donors (Lipinski definition) is 0. The summed E-state index contributed by atoms with van der Waals surface area (Å²) in [5, 5.41) is 0. The molecule has 2 rings (SSSR count). The molecule has 98 valence electrons. The van der Waals surface area contributed by atoms with Gasteiger partial charge in [-0.15, -0.1) is 0 Å². The Bertz CT molecular complexity index is 647. The van der Waals surface area contributed by atoms with E-state index in [9.17, 15) is 22.4 Å². The summed E-state index contributed by atoms with van der Waals surface area (Å²) in [4.78, 5) is 11.9. The average molecular weight is 333 g/mol. The smallest absolute Gasteiger partial charge is 0.199 e. The van der Waals surface area contributed by atoms with Gasteiger partial charge in [0.1, 0.15) is 11.6 Å². The molecular formula is C13H5BrF4O. The highest BCUT2D eigenvalue weighted by Gasteiger charge is 2.20. The molecule has 0 atom stereocenters. The minimum absolute atomic E-state index is 0.129. The molecule has 0 aliphatic carbocycles. The van der Waals surface area contributed by atoms with Crippen LogP contribution in [0.5, 0.6) is 0 Å². The van der Waals surface area contributed by atoms with Crippen LogP contribution in [0.3, 0.4) is 0 Å². The van der Waals surface area contributed by atoms with Gasteiger partial charge < -0.3 is 0 Å². The van der Waals surface area contributed by atoms with Crippen LogP contribution in [0.25, 0.3) is 0 Å². The van der Waals surface area contributed by atoms with Crippen LogP contribution in [0.2, 0.25) is 0 Å². The Kier molecular flexibility index (Phi) is 3.71. The second-order valence-corrected chi connectivity index (χ2v) is 4.62. The molecule has 0 saturated carbocycles. The molecule has 0 saturated heterocycles. The van der Waals surface area contributed by atoms with E-state index in [4.69, 9.17) is 0 Å². The van der Waals surface area contributed by atoms with Crippen molar-refractivity contribution in [1.82, 2.24) is 0 Å². The van der Waals surface area contributed by atoms with Gasteiger partial charge in [-0.25, -0.2) is 17.6 Å². The van der Waals surface area contributed by atoms with Crippen LogP contribution in [0, 0.1) is 23.3 Å². The Labute approximate surface area is 114 Å². The number of rotatable bonds is 2. The van der Waals surface area contributed by atoms with Crippen molar-refractivity contribution in [2.24, 2.45) is 0 Å². The number of carbonyl (C=O) groups excluding carboxylic acids is 1. The molecule has 0 aliphatic heterocycles. The van der Waals surface area contributed by atoms with Gasteiger partial charge in [0.25, 0.3) is 0 Å². The topological polar surface area (TPSA) is 17.1 Å². The predicted molar refractivity (Wildman–Crippen MR) is 63.8 cm³/mol. The maximum Gasteiger partial charge on any atom is 0.199 e. The van der Waals surface area contributed by atoms with Crippen LogP contribution in [0.4, 0.5) is 17.6 Å². The number of hydrogen-bond acceptors (Lipinski definition) is 1. The van der Waals surface area contributed by atoms with E-state index >= 15 is 0 Å². The summed E-state index contributed by atoms with van der Waals surface area (Å²) in [6, 6.07) is 4.10. The van der Waals surface area contributed by atoms with Crippen LogP contribution < -0.4 is 0 Å². The van der Waals surface area contributed by atoms with Crippen LogP contribution in [-0.4, -0.2) is 5.78 Å². The summed E-state index contributed by atoms with van der Waals surface area (Å²) < 4.78 is 53.0. The van der Waals surface area contributed by atoms with Crippen molar-refractivity contribution in [1.29, 1.82) is 0 Å². The summed E-state index contributed by atoms with van der Waals surface area (Å²) in [7, 11) is 0. The van der Waals surface area contributed by atoms with Crippen molar-refractivity contribution in [3.05, 3.63) is 69.2 Å². The van der Waals surface area contributed by atoms with Crippen molar-refractivity contribution in [3.63, 3.8) is 0 Å². The van der Waals surface area contributed by atoms with Gasteiger partial charge in [0.15, 0.2) is 17.4 Å². The van der Waals surface area contributed by atoms with E-state index in [-0.39, 0.29) is 10.0 Å². The van der Waals surface area contributed by atoms with Gasteiger partial charge in [-0.05, 0) is 30.3 Å². The molecule has 1 nitrogen and oxygen atoms in total. The zero-order valence-corrected chi connectivity index (χ0v) is 10.8. The Hall–Kier alpha value is -1.69. The van der Waals surface area contributed by atoms with E-state index in [0.29, 0.717) is 6.07 Å². The fourth-order valence-electron chi connectivity index (χ4n) is 1.54. The molecule has 2 aromatic rings. The molecule has 0 fully saturated rings. The third-order valence-corrected chi connectivity index (χ3v) is 2.87. The summed E-state index contributed by atoms with van der Waals surface area (Å²) in [6.07, 6.45) is 0. The van der Waals surface area contributed by atoms with E-state index in [0.717, 1.165) is 24.3 Å². The van der Waals surface area contributed by atoms with Crippen LogP contribution >= 0.6 is 15.9 Å². The van der Waals surface area contributed by atoms with E-state index in [2.05, 4.69) is 15.9 Å². The lowest BCUT2D eigenvalue weighted by Crippen LogP contribution is -2.08. The summed E-state index contributed by atoms with van der Waals surface area (Å²) in [5.41, 5.74) is -1.15. The van der Waals surface area contributed by atoms with Crippen LogP contribution in [-0.2, 0) is 0 Å². The van der Waals surface area contributed by atoms with Crippen molar-refractivity contribution in [2.75, 3.05) is 0 Å². The number of carbonyl (C=O) groups is 1. The Morgan fingerprint density at radius 1 is 0.842 bits per heavy atom. The lowest BCUT2D eigenvalue weighted by Gasteiger charge is -2.05. The molecular weight excluding hydrogens is 328 g/mol. The zero-order valence-electron chi connectivity index (χ0n) is 9.18. The lowest BCUT2D eigenvalue weighted by molar-refractivity contribution is 0.103. The standard InChI is InChI=1S/C13H5BrF4O/c14-7-4-10(17)12(11(18)5-7)13(19)6-1-2-8(15)9(16)3-6/h1-5H. The number of benzene rings is 2. The van der Waals surface area contributed by atoms with E-state index < -0.39 is 34.6 Å². The van der Waals surface area contributed by atoms with Crippen LogP contribution in [0.15, 0.2) is 34.8 Å². The van der Waals surface area contributed by atoms with Gasteiger partial charge in [0, 0.05) is 10.0 Å². The summed E-state index contributed by atoms with van der Waals surface area (Å²) >= 11 is 2.87. The minimum Gasteiger partial charge on any atom is -0.288 e. The normalized spacial score (nSPS) is 10.6. The first kappa shape index (κ1) is 13.7. The van der Waals surface area contributed by atoms with E-state index in [1.807, 2.05) is 0 Å². The first-order valence-corrected chi connectivity index (χ1v) is 5.83. The molecule has 0 bridgehead atoms. The fraction of sp³-hybridized carbons (Fsp3) is 0. The summed E-state index contributed by atoms with van der Waals surface area (Å²) in [5.74, 6) is -5.62. The SMILES string of the molecule is O=C(c1ccc(F)c(F)c1)c1c(F)cc(Br)cc1F. The van der Waals surface area contributed by atoms with Crippen LogP contribution in [0.1, 0.15) is 15.9 Å². The highest BCUT2D eigenvalue weighted by Crippen LogP contribution is 2.22. The number of halogens is 5. The van der Waals surface area contributed by atoms with Crippen molar-refractivity contribution in [3.8, 4) is 0 Å². The quantitative estimate of drug-likeness (QED) is 0.594. The largest absolute Gasteiger partial charge is 0.288 e. The molecule has 2 aromatic carbocycles. The third kappa shape index (κ3) is 2.68. The average Bonchev–Trinajstić information content (AvgIpc) is 2.31. The molecule has 0 unspecified atom stereocenters. The van der Waals surface area contributed by atoms with Gasteiger partial charge in [-0.3, -0.25) is 4.79 Å². The second kappa shape index (κ2) is 5.13. The van der Waals surface area contributed by atoms with Crippen molar-refractivity contribution < 1.29 is 22.4 Å². The van der Waals surface area contributed by atoms with Crippen molar-refractivity contribution in [2.45, 2.75) is 0 Å². The number of ketones is 1. The first-order valence-electron chi connectivity index (χ1n) is 5.04. The van der Waals surface area contributed by atoms with Gasteiger partial charge in [-0.1, -0.05) is 15.9 Å².